The average molecular weight is 417 g/mol. The van der Waals surface area contributed by atoms with Gasteiger partial charge in [-0.3, -0.25) is 19.5 Å². The van der Waals surface area contributed by atoms with Crippen molar-refractivity contribution in [2.45, 2.75) is 75.4 Å². The molecule has 1 aliphatic carbocycles. The molecule has 1 aliphatic rings. The van der Waals surface area contributed by atoms with Crippen molar-refractivity contribution in [3.05, 3.63) is 34.6 Å². The molecular formula is C21H28N4O3S. The summed E-state index contributed by atoms with van der Waals surface area (Å²) in [7, 11) is 0. The minimum Gasteiger partial charge on any atom is -0.336 e. The van der Waals surface area contributed by atoms with Crippen molar-refractivity contribution in [3.63, 3.8) is 0 Å². The molecule has 8 heteroatoms. The summed E-state index contributed by atoms with van der Waals surface area (Å²) in [5, 5.41) is 5.55. The lowest BCUT2D eigenvalue weighted by Gasteiger charge is -2.26. The molecule has 1 aromatic heterocycles. The Morgan fingerprint density at radius 2 is 1.83 bits per heavy atom. The largest absolute Gasteiger partial charge is 0.336 e. The van der Waals surface area contributed by atoms with Gasteiger partial charge in [0.15, 0.2) is 5.16 Å². The van der Waals surface area contributed by atoms with Crippen LogP contribution in [0.1, 0.15) is 58.9 Å². The minimum absolute atomic E-state index is 0.0600. The van der Waals surface area contributed by atoms with Crippen LogP contribution in [-0.4, -0.2) is 32.8 Å². The van der Waals surface area contributed by atoms with Gasteiger partial charge in [0.05, 0.1) is 16.2 Å². The van der Waals surface area contributed by atoms with Crippen LogP contribution in [0.15, 0.2) is 34.2 Å². The van der Waals surface area contributed by atoms with E-state index in [1.807, 2.05) is 32.0 Å². The standard InChI is InChI=1S/C21H28N4O3S/c1-13(2)22-20(28)24-18(26)14(3)29-21-23-17-12-8-7-11-16(17)19(27)25(21)15-9-5-4-6-10-15/h7-8,11-15H,4-6,9-10H2,1-3H3,(H2,22,24,26,28)/t14-/m0/s1. The van der Waals surface area contributed by atoms with E-state index in [-0.39, 0.29) is 17.6 Å². The van der Waals surface area contributed by atoms with Crippen LogP contribution in [0.25, 0.3) is 10.9 Å². The highest BCUT2D eigenvalue weighted by Crippen LogP contribution is 2.32. The maximum Gasteiger partial charge on any atom is 0.321 e. The summed E-state index contributed by atoms with van der Waals surface area (Å²) in [4.78, 5) is 42.3. The Bertz CT molecular complexity index is 951. The summed E-state index contributed by atoms with van der Waals surface area (Å²) in [5.74, 6) is -0.411. The van der Waals surface area contributed by atoms with Crippen LogP contribution in [0.4, 0.5) is 4.79 Å². The molecule has 7 nitrogen and oxygen atoms in total. The van der Waals surface area contributed by atoms with E-state index in [9.17, 15) is 14.4 Å². The summed E-state index contributed by atoms with van der Waals surface area (Å²) >= 11 is 1.22. The number of carbonyl (C=O) groups excluding carboxylic acids is 2. The third-order valence-electron chi connectivity index (χ3n) is 5.02. The molecule has 1 atom stereocenters. The highest BCUT2D eigenvalue weighted by Gasteiger charge is 2.25. The molecule has 0 aliphatic heterocycles. The topological polar surface area (TPSA) is 93.1 Å². The SMILES string of the molecule is CC(C)NC(=O)NC(=O)[C@H](C)Sc1nc2ccccc2c(=O)n1C1CCCCC1. The molecule has 29 heavy (non-hydrogen) atoms. The van der Waals surface area contributed by atoms with Crippen LogP contribution in [0.2, 0.25) is 0 Å². The molecule has 1 heterocycles. The van der Waals surface area contributed by atoms with Crippen molar-refractivity contribution >= 4 is 34.6 Å². The van der Waals surface area contributed by atoms with Gasteiger partial charge in [0.1, 0.15) is 0 Å². The summed E-state index contributed by atoms with van der Waals surface area (Å²) in [6, 6.07) is 6.80. The summed E-state index contributed by atoms with van der Waals surface area (Å²) < 4.78 is 1.77. The maximum atomic E-state index is 13.2. The van der Waals surface area contributed by atoms with Gasteiger partial charge in [0.25, 0.3) is 5.56 Å². The zero-order valence-corrected chi connectivity index (χ0v) is 17.9. The second-order valence-electron chi connectivity index (χ2n) is 7.76. The second-order valence-corrected chi connectivity index (χ2v) is 9.06. The Kier molecular flexibility index (Phi) is 6.95. The lowest BCUT2D eigenvalue weighted by atomic mass is 9.95. The van der Waals surface area contributed by atoms with Gasteiger partial charge >= 0.3 is 6.03 Å². The zero-order valence-electron chi connectivity index (χ0n) is 17.1. The molecular weight excluding hydrogens is 388 g/mol. The van der Waals surface area contributed by atoms with E-state index in [0.29, 0.717) is 16.1 Å². The van der Waals surface area contributed by atoms with Crippen molar-refractivity contribution in [1.29, 1.82) is 0 Å². The van der Waals surface area contributed by atoms with Crippen molar-refractivity contribution < 1.29 is 9.59 Å². The van der Waals surface area contributed by atoms with E-state index in [2.05, 4.69) is 10.6 Å². The number of nitrogens with zero attached hydrogens (tertiary/aromatic N) is 2. The number of hydrogen-bond acceptors (Lipinski definition) is 5. The van der Waals surface area contributed by atoms with Crippen LogP contribution in [0, 0.1) is 0 Å². The van der Waals surface area contributed by atoms with Crippen LogP contribution in [0.5, 0.6) is 0 Å². The summed E-state index contributed by atoms with van der Waals surface area (Å²) in [6.45, 7) is 5.36. The van der Waals surface area contributed by atoms with Crippen LogP contribution in [0.3, 0.4) is 0 Å². The van der Waals surface area contributed by atoms with Gasteiger partial charge < -0.3 is 5.32 Å². The third kappa shape index (κ3) is 5.18. The predicted octanol–water partition coefficient (Wildman–Crippen LogP) is 3.62. The Morgan fingerprint density at radius 1 is 1.14 bits per heavy atom. The van der Waals surface area contributed by atoms with Crippen LogP contribution in [-0.2, 0) is 4.79 Å². The molecule has 1 saturated carbocycles. The maximum absolute atomic E-state index is 13.2. The molecule has 0 spiro atoms. The van der Waals surface area contributed by atoms with Crippen molar-refractivity contribution in [3.8, 4) is 0 Å². The lowest BCUT2D eigenvalue weighted by molar-refractivity contribution is -0.119. The number of urea groups is 1. The number of carbonyl (C=O) groups is 2. The first kappa shape index (κ1) is 21.4. The lowest BCUT2D eigenvalue weighted by Crippen LogP contribution is -2.45. The third-order valence-corrected chi connectivity index (χ3v) is 6.09. The van der Waals surface area contributed by atoms with Crippen molar-refractivity contribution in [2.75, 3.05) is 0 Å². The average Bonchev–Trinajstić information content (AvgIpc) is 2.68. The van der Waals surface area contributed by atoms with Gasteiger partial charge in [-0.1, -0.05) is 43.2 Å². The number of aromatic nitrogens is 2. The number of thioether (sulfide) groups is 1. The van der Waals surface area contributed by atoms with Gasteiger partial charge in [-0.25, -0.2) is 9.78 Å². The molecule has 3 rings (SSSR count). The fourth-order valence-corrected chi connectivity index (χ4v) is 4.57. The number of nitrogens with one attached hydrogen (secondary N) is 2. The molecule has 3 amide bonds. The number of imide groups is 1. The quantitative estimate of drug-likeness (QED) is 0.574. The second kappa shape index (κ2) is 9.43. The Balaban J connectivity index is 1.90. The normalized spacial score (nSPS) is 16.0. The van der Waals surface area contributed by atoms with E-state index in [1.165, 1.54) is 18.2 Å². The number of amides is 3. The van der Waals surface area contributed by atoms with Crippen LogP contribution < -0.4 is 16.2 Å². The fraction of sp³-hybridized carbons (Fsp3) is 0.524. The highest BCUT2D eigenvalue weighted by atomic mass is 32.2. The van der Waals surface area contributed by atoms with Crippen molar-refractivity contribution in [1.82, 2.24) is 20.2 Å². The minimum atomic E-state index is -0.573. The molecule has 1 fully saturated rings. The van der Waals surface area contributed by atoms with E-state index < -0.39 is 17.2 Å². The first-order valence-electron chi connectivity index (χ1n) is 10.2. The predicted molar refractivity (Wildman–Crippen MR) is 115 cm³/mol. The number of rotatable bonds is 5. The first-order chi connectivity index (χ1) is 13.9. The fourth-order valence-electron chi connectivity index (χ4n) is 3.59. The Morgan fingerprint density at radius 3 is 2.52 bits per heavy atom. The first-order valence-corrected chi connectivity index (χ1v) is 11.0. The van der Waals surface area contributed by atoms with Crippen LogP contribution >= 0.6 is 11.8 Å². The Labute approximate surface area is 174 Å². The highest BCUT2D eigenvalue weighted by molar-refractivity contribution is 8.00. The van der Waals surface area contributed by atoms with Gasteiger partial charge in [-0.05, 0) is 45.7 Å². The van der Waals surface area contributed by atoms with Gasteiger partial charge in [-0.2, -0.15) is 0 Å². The number of fused-ring (bicyclic) bond motifs is 1. The number of benzene rings is 1. The summed E-state index contributed by atoms with van der Waals surface area (Å²) in [5.41, 5.74) is 0.562. The Hall–Kier alpha value is -2.35. The molecule has 0 radical (unpaired) electrons. The van der Waals surface area contributed by atoms with Crippen molar-refractivity contribution in [2.24, 2.45) is 0 Å². The summed E-state index contributed by atoms with van der Waals surface area (Å²) in [6.07, 6.45) is 5.22. The van der Waals surface area contributed by atoms with Gasteiger partial charge in [0.2, 0.25) is 5.91 Å². The smallest absolute Gasteiger partial charge is 0.321 e. The van der Waals surface area contributed by atoms with E-state index in [0.717, 1.165) is 25.7 Å². The molecule has 0 unspecified atom stereocenters. The molecule has 1 aromatic carbocycles. The molecule has 156 valence electrons. The van der Waals surface area contributed by atoms with Gasteiger partial charge in [0, 0.05) is 12.1 Å². The number of hydrogen-bond donors (Lipinski definition) is 2. The molecule has 2 N–H and O–H groups in total. The zero-order chi connectivity index (χ0) is 21.0. The molecule has 0 bridgehead atoms. The van der Waals surface area contributed by atoms with Gasteiger partial charge in [-0.15, -0.1) is 0 Å². The van der Waals surface area contributed by atoms with E-state index in [4.69, 9.17) is 4.98 Å². The number of para-hydroxylation sites is 1. The molecule has 0 saturated heterocycles. The molecule has 2 aromatic rings. The van der Waals surface area contributed by atoms with E-state index >= 15 is 0 Å². The van der Waals surface area contributed by atoms with E-state index in [1.54, 1.807) is 17.6 Å². The monoisotopic (exact) mass is 416 g/mol.